The summed E-state index contributed by atoms with van der Waals surface area (Å²) in [7, 11) is 2.19. The lowest BCUT2D eigenvalue weighted by Gasteiger charge is -2.34. The minimum Gasteiger partial charge on any atom is -0.374 e. The molecule has 0 aromatic rings. The summed E-state index contributed by atoms with van der Waals surface area (Å²) in [5.41, 5.74) is 0. The number of nitrogens with one attached hydrogen (secondary N) is 1. The molecule has 1 aliphatic heterocycles. The van der Waals surface area contributed by atoms with Crippen LogP contribution in [0.25, 0.3) is 0 Å². The van der Waals surface area contributed by atoms with E-state index in [-0.39, 0.29) is 0 Å². The van der Waals surface area contributed by atoms with Gasteiger partial charge in [-0.15, -0.1) is 0 Å². The molecule has 3 heteroatoms. The number of hydrogen-bond acceptors (Lipinski definition) is 3. The number of rotatable bonds is 5. The molecule has 2 unspecified atom stereocenters. The van der Waals surface area contributed by atoms with Crippen molar-refractivity contribution in [1.29, 1.82) is 0 Å². The molecule has 14 heavy (non-hydrogen) atoms. The van der Waals surface area contributed by atoms with Gasteiger partial charge in [-0.1, -0.05) is 13.3 Å². The van der Waals surface area contributed by atoms with Gasteiger partial charge in [-0.3, -0.25) is 0 Å². The Labute approximate surface area is 87.8 Å². The Morgan fingerprint density at radius 3 is 2.93 bits per heavy atom. The predicted octanol–water partition coefficient (Wildman–Crippen LogP) is 1.10. The van der Waals surface area contributed by atoms with E-state index in [2.05, 4.69) is 31.1 Å². The van der Waals surface area contributed by atoms with E-state index < -0.39 is 0 Å². The molecule has 1 rings (SSSR count). The number of unbranched alkanes of at least 4 members (excludes halogenated alkanes) is 1. The molecule has 84 valence electrons. The maximum Gasteiger partial charge on any atom is 0.0852 e. The van der Waals surface area contributed by atoms with Crippen molar-refractivity contribution in [2.45, 2.75) is 38.8 Å². The van der Waals surface area contributed by atoms with E-state index in [4.69, 9.17) is 4.74 Å². The third-order valence-corrected chi connectivity index (χ3v) is 3.05. The van der Waals surface area contributed by atoms with Gasteiger partial charge in [-0.05, 0) is 26.9 Å². The first kappa shape index (κ1) is 12.0. The van der Waals surface area contributed by atoms with Crippen LogP contribution in [0.2, 0.25) is 0 Å². The summed E-state index contributed by atoms with van der Waals surface area (Å²) in [5.74, 6) is 0. The highest BCUT2D eigenvalue weighted by molar-refractivity contribution is 4.78. The SMILES string of the molecule is CCCCN(C)C(C)C1CNCCO1. The number of hydrogen-bond donors (Lipinski definition) is 1. The molecular formula is C11H24N2O. The number of morpholine rings is 1. The summed E-state index contributed by atoms with van der Waals surface area (Å²) >= 11 is 0. The summed E-state index contributed by atoms with van der Waals surface area (Å²) in [6.07, 6.45) is 2.91. The zero-order valence-corrected chi connectivity index (χ0v) is 9.75. The monoisotopic (exact) mass is 200 g/mol. The molecule has 0 aromatic heterocycles. The van der Waals surface area contributed by atoms with Crippen LogP contribution in [0.15, 0.2) is 0 Å². The van der Waals surface area contributed by atoms with Crippen molar-refractivity contribution in [2.24, 2.45) is 0 Å². The lowest BCUT2D eigenvalue weighted by molar-refractivity contribution is -0.0201. The van der Waals surface area contributed by atoms with Crippen LogP contribution in [0, 0.1) is 0 Å². The molecule has 2 atom stereocenters. The average Bonchev–Trinajstić information content (AvgIpc) is 2.26. The van der Waals surface area contributed by atoms with Gasteiger partial charge in [-0.2, -0.15) is 0 Å². The summed E-state index contributed by atoms with van der Waals surface area (Å²) in [6, 6.07) is 0.523. The molecule has 1 heterocycles. The van der Waals surface area contributed by atoms with Crippen molar-refractivity contribution in [2.75, 3.05) is 33.3 Å². The molecule has 1 fully saturated rings. The second-order valence-electron chi connectivity index (χ2n) is 4.19. The average molecular weight is 200 g/mol. The van der Waals surface area contributed by atoms with Gasteiger partial charge < -0.3 is 15.0 Å². The summed E-state index contributed by atoms with van der Waals surface area (Å²) in [4.78, 5) is 2.40. The molecule has 0 radical (unpaired) electrons. The Bertz CT molecular complexity index is 146. The van der Waals surface area contributed by atoms with Crippen molar-refractivity contribution in [3.05, 3.63) is 0 Å². The van der Waals surface area contributed by atoms with Crippen molar-refractivity contribution in [1.82, 2.24) is 10.2 Å². The number of likely N-dealkylation sites (N-methyl/N-ethyl adjacent to an activating group) is 1. The molecule has 0 amide bonds. The highest BCUT2D eigenvalue weighted by Gasteiger charge is 2.23. The van der Waals surface area contributed by atoms with Gasteiger partial charge >= 0.3 is 0 Å². The van der Waals surface area contributed by atoms with Crippen molar-refractivity contribution in [3.8, 4) is 0 Å². The van der Waals surface area contributed by atoms with E-state index in [9.17, 15) is 0 Å². The smallest absolute Gasteiger partial charge is 0.0852 e. The molecule has 0 bridgehead atoms. The minimum absolute atomic E-state index is 0.366. The lowest BCUT2D eigenvalue weighted by Crippen LogP contribution is -2.50. The molecule has 0 aromatic carbocycles. The Morgan fingerprint density at radius 1 is 1.57 bits per heavy atom. The van der Waals surface area contributed by atoms with E-state index in [0.717, 1.165) is 19.7 Å². The second kappa shape index (κ2) is 6.38. The van der Waals surface area contributed by atoms with Gasteiger partial charge in [0.2, 0.25) is 0 Å². The zero-order valence-electron chi connectivity index (χ0n) is 9.75. The fraction of sp³-hybridized carbons (Fsp3) is 1.00. The predicted molar refractivity (Wildman–Crippen MR) is 59.6 cm³/mol. The quantitative estimate of drug-likeness (QED) is 0.719. The maximum absolute atomic E-state index is 5.74. The third-order valence-electron chi connectivity index (χ3n) is 3.05. The van der Waals surface area contributed by atoms with E-state index in [1.807, 2.05) is 0 Å². The minimum atomic E-state index is 0.366. The van der Waals surface area contributed by atoms with Crippen LogP contribution < -0.4 is 5.32 Å². The normalized spacial score (nSPS) is 25.3. The van der Waals surface area contributed by atoms with Crippen LogP contribution in [0.3, 0.4) is 0 Å². The van der Waals surface area contributed by atoms with Crippen LogP contribution in [0.4, 0.5) is 0 Å². The van der Waals surface area contributed by atoms with Crippen LogP contribution >= 0.6 is 0 Å². The number of ether oxygens (including phenoxy) is 1. The fourth-order valence-electron chi connectivity index (χ4n) is 1.79. The molecule has 0 spiro atoms. The molecular weight excluding hydrogens is 176 g/mol. The third kappa shape index (κ3) is 3.56. The molecule has 0 aliphatic carbocycles. The standard InChI is InChI=1S/C11H24N2O/c1-4-5-7-13(3)10(2)11-9-12-6-8-14-11/h10-12H,4-9H2,1-3H3. The molecule has 1 aliphatic rings. The van der Waals surface area contributed by atoms with E-state index in [1.54, 1.807) is 0 Å². The Hall–Kier alpha value is -0.120. The van der Waals surface area contributed by atoms with Gasteiger partial charge in [0.15, 0.2) is 0 Å². The van der Waals surface area contributed by atoms with Gasteiger partial charge in [0.25, 0.3) is 0 Å². The van der Waals surface area contributed by atoms with Gasteiger partial charge in [-0.25, -0.2) is 0 Å². The summed E-state index contributed by atoms with van der Waals surface area (Å²) in [6.45, 7) is 8.53. The summed E-state index contributed by atoms with van der Waals surface area (Å²) < 4.78 is 5.74. The second-order valence-corrected chi connectivity index (χ2v) is 4.19. The summed E-state index contributed by atoms with van der Waals surface area (Å²) in [5, 5.41) is 3.38. The lowest BCUT2D eigenvalue weighted by atomic mass is 10.1. The van der Waals surface area contributed by atoms with Crippen molar-refractivity contribution >= 4 is 0 Å². The van der Waals surface area contributed by atoms with Crippen LogP contribution in [0.5, 0.6) is 0 Å². The first-order valence-corrected chi connectivity index (χ1v) is 5.78. The first-order chi connectivity index (χ1) is 6.75. The number of nitrogens with zero attached hydrogens (tertiary/aromatic N) is 1. The van der Waals surface area contributed by atoms with Crippen LogP contribution in [-0.2, 0) is 4.74 Å². The van der Waals surface area contributed by atoms with E-state index in [0.29, 0.717) is 12.1 Å². The van der Waals surface area contributed by atoms with Crippen LogP contribution in [0.1, 0.15) is 26.7 Å². The van der Waals surface area contributed by atoms with E-state index >= 15 is 0 Å². The fourth-order valence-corrected chi connectivity index (χ4v) is 1.79. The maximum atomic E-state index is 5.74. The van der Waals surface area contributed by atoms with Crippen LogP contribution in [-0.4, -0.2) is 50.3 Å². The zero-order chi connectivity index (χ0) is 10.4. The first-order valence-electron chi connectivity index (χ1n) is 5.78. The molecule has 0 saturated carbocycles. The molecule has 3 nitrogen and oxygen atoms in total. The topological polar surface area (TPSA) is 24.5 Å². The largest absolute Gasteiger partial charge is 0.374 e. The van der Waals surface area contributed by atoms with Crippen molar-refractivity contribution < 1.29 is 4.74 Å². The van der Waals surface area contributed by atoms with Gasteiger partial charge in [0, 0.05) is 19.1 Å². The van der Waals surface area contributed by atoms with Gasteiger partial charge in [0.05, 0.1) is 12.7 Å². The highest BCUT2D eigenvalue weighted by Crippen LogP contribution is 2.08. The molecule has 1 N–H and O–H groups in total. The Balaban J connectivity index is 2.26. The Kier molecular flexibility index (Phi) is 5.45. The van der Waals surface area contributed by atoms with E-state index in [1.165, 1.54) is 19.4 Å². The van der Waals surface area contributed by atoms with Gasteiger partial charge in [0.1, 0.15) is 0 Å². The highest BCUT2D eigenvalue weighted by atomic mass is 16.5. The molecule has 1 saturated heterocycles. The Morgan fingerprint density at radius 2 is 2.36 bits per heavy atom. The van der Waals surface area contributed by atoms with Crippen molar-refractivity contribution in [3.63, 3.8) is 0 Å².